The molecule has 6 fully saturated rings. The Labute approximate surface area is 293 Å². The molecule has 1 aromatic carbocycles. The lowest BCUT2D eigenvalue weighted by atomic mass is 9.56. The lowest BCUT2D eigenvalue weighted by molar-refractivity contribution is -0.126. The zero-order chi connectivity index (χ0) is 34.2. The molecule has 2 heterocycles. The van der Waals surface area contributed by atoms with Crippen LogP contribution in [0.25, 0.3) is 0 Å². The Balaban J connectivity index is 0.888. The number of fused-ring (bicyclic) bond motifs is 5. The molecule has 7 nitrogen and oxygen atoms in total. The molecule has 2 unspecified atom stereocenters. The van der Waals surface area contributed by atoms with Gasteiger partial charge in [-0.2, -0.15) is 0 Å². The number of aryl methyl sites for hydroxylation is 1. The van der Waals surface area contributed by atoms with E-state index in [4.69, 9.17) is 4.74 Å². The summed E-state index contributed by atoms with van der Waals surface area (Å²) in [6, 6.07) is 10.4. The number of carbonyl (C=O) groups is 3. The molecular weight excluding hydrogens is 610 g/mol. The van der Waals surface area contributed by atoms with Crippen molar-refractivity contribution in [3.8, 4) is 0 Å². The largest absolute Gasteiger partial charge is 0.370 e. The monoisotopic (exact) mass is 669 g/mol. The number of allylic oxidation sites excluding steroid dienone is 2. The van der Waals surface area contributed by atoms with Gasteiger partial charge in [0.05, 0.1) is 18.2 Å². The van der Waals surface area contributed by atoms with E-state index in [2.05, 4.69) is 43.2 Å². The van der Waals surface area contributed by atoms with Crippen LogP contribution in [-0.2, 0) is 25.5 Å². The average molecular weight is 670 g/mol. The maximum atomic E-state index is 12.7. The van der Waals surface area contributed by atoms with E-state index >= 15 is 0 Å². The van der Waals surface area contributed by atoms with E-state index in [9.17, 15) is 14.4 Å². The molecule has 7 heteroatoms. The molecule has 2 saturated heterocycles. The molecule has 2 amide bonds. The SMILES string of the molecule is C[C@H]1C[C@H]2O[C@]3(CC[C@H]4[C@@H]5CCC6=CC(=O)CC[C@]6(C)[C@H]5CC45CC5(C)C3)[C@H](C)[C@@H]2N(CCNC(=O)CNC(=O)CCc2ccccc2)C1. The van der Waals surface area contributed by atoms with Gasteiger partial charge in [0, 0.05) is 44.4 Å². The van der Waals surface area contributed by atoms with Gasteiger partial charge in [0.15, 0.2) is 5.78 Å². The topological polar surface area (TPSA) is 87.7 Å². The molecule has 1 aromatic rings. The Hall–Kier alpha value is -2.51. The lowest BCUT2D eigenvalue weighted by Crippen LogP contribution is -2.54. The second-order valence-electron chi connectivity index (χ2n) is 18.2. The van der Waals surface area contributed by atoms with Crippen LogP contribution in [0.2, 0.25) is 0 Å². The number of nitrogens with zero attached hydrogens (tertiary/aromatic N) is 1. The first-order valence-corrected chi connectivity index (χ1v) is 19.7. The fourth-order valence-electron chi connectivity index (χ4n) is 13.1. The zero-order valence-electron chi connectivity index (χ0n) is 30.4. The molecule has 0 aromatic heterocycles. The third kappa shape index (κ3) is 5.64. The summed E-state index contributed by atoms with van der Waals surface area (Å²) in [7, 11) is 0. The van der Waals surface area contributed by atoms with Gasteiger partial charge < -0.3 is 15.4 Å². The normalized spacial score (nSPS) is 43.7. The maximum Gasteiger partial charge on any atom is 0.239 e. The van der Waals surface area contributed by atoms with Crippen LogP contribution in [0.1, 0.15) is 104 Å². The van der Waals surface area contributed by atoms with Crippen LogP contribution in [0.15, 0.2) is 42.0 Å². The average Bonchev–Trinajstić information content (AvgIpc) is 3.38. The van der Waals surface area contributed by atoms with E-state index in [-0.39, 0.29) is 35.5 Å². The van der Waals surface area contributed by atoms with Crippen molar-refractivity contribution in [2.45, 2.75) is 122 Å². The highest BCUT2D eigenvalue weighted by atomic mass is 16.5. The van der Waals surface area contributed by atoms with Crippen molar-refractivity contribution >= 4 is 17.6 Å². The Morgan fingerprint density at radius 3 is 2.61 bits per heavy atom. The second-order valence-corrected chi connectivity index (χ2v) is 18.2. The van der Waals surface area contributed by atoms with Gasteiger partial charge in [-0.1, -0.05) is 63.6 Å². The number of nitrogens with one attached hydrogen (secondary N) is 2. The molecule has 0 bridgehead atoms. The molecule has 7 aliphatic rings. The van der Waals surface area contributed by atoms with E-state index in [0.29, 0.717) is 53.9 Å². The number of hydrogen-bond donors (Lipinski definition) is 2. The fourth-order valence-corrected chi connectivity index (χ4v) is 13.1. The number of likely N-dealkylation sites (tertiary alicyclic amines) is 1. The van der Waals surface area contributed by atoms with Gasteiger partial charge >= 0.3 is 0 Å². The van der Waals surface area contributed by atoms with Crippen molar-refractivity contribution in [3.63, 3.8) is 0 Å². The Bertz CT molecular complexity index is 1510. The summed E-state index contributed by atoms with van der Waals surface area (Å²) in [4.78, 5) is 40.0. The van der Waals surface area contributed by atoms with E-state index in [1.165, 1.54) is 44.1 Å². The van der Waals surface area contributed by atoms with Crippen LogP contribution in [-0.4, -0.2) is 66.4 Å². The van der Waals surface area contributed by atoms with Gasteiger partial charge in [0.1, 0.15) is 0 Å². The minimum absolute atomic E-state index is 0.0247. The first kappa shape index (κ1) is 33.6. The molecule has 2 aliphatic heterocycles. The predicted molar refractivity (Wildman–Crippen MR) is 190 cm³/mol. The molecule has 11 atom stereocenters. The first-order chi connectivity index (χ1) is 23.5. The number of carbonyl (C=O) groups excluding carboxylic acids is 3. The van der Waals surface area contributed by atoms with Crippen molar-refractivity contribution in [1.82, 2.24) is 15.5 Å². The lowest BCUT2D eigenvalue weighted by Gasteiger charge is -2.48. The molecule has 2 N–H and O–H groups in total. The summed E-state index contributed by atoms with van der Waals surface area (Å²) >= 11 is 0. The minimum Gasteiger partial charge on any atom is -0.370 e. The number of amides is 2. The van der Waals surface area contributed by atoms with Crippen LogP contribution in [0.4, 0.5) is 0 Å². The highest BCUT2D eigenvalue weighted by Gasteiger charge is 2.77. The van der Waals surface area contributed by atoms with Gasteiger partial charge in [-0.05, 0) is 116 Å². The van der Waals surface area contributed by atoms with Crippen molar-refractivity contribution < 1.29 is 19.1 Å². The van der Waals surface area contributed by atoms with Crippen molar-refractivity contribution in [3.05, 3.63) is 47.5 Å². The molecule has 266 valence electrons. The first-order valence-electron chi connectivity index (χ1n) is 19.7. The van der Waals surface area contributed by atoms with Gasteiger partial charge in [-0.3, -0.25) is 19.3 Å². The van der Waals surface area contributed by atoms with Crippen LogP contribution in [0, 0.1) is 45.8 Å². The summed E-state index contributed by atoms with van der Waals surface area (Å²) < 4.78 is 7.39. The predicted octanol–water partition coefficient (Wildman–Crippen LogP) is 6.26. The third-order valence-corrected chi connectivity index (χ3v) is 15.6. The summed E-state index contributed by atoms with van der Waals surface area (Å²) in [6.45, 7) is 12.4. The highest BCUT2D eigenvalue weighted by molar-refractivity contribution is 5.91. The van der Waals surface area contributed by atoms with Crippen molar-refractivity contribution in [2.75, 3.05) is 26.2 Å². The van der Waals surface area contributed by atoms with Crippen LogP contribution >= 0.6 is 0 Å². The number of rotatable bonds is 8. The van der Waals surface area contributed by atoms with E-state index in [0.717, 1.165) is 62.1 Å². The standard InChI is InChI=1S/C42H59N3O4/c1-27-20-35-38(45(24-27)19-18-43-37(48)23-44-36(47)13-10-29-8-6-5-7-9-29)28(2)42(49-35)17-15-33-32-12-11-30-21-31(46)14-16-40(30,4)34(32)22-41(33)25-39(41,3)26-42/h5-9,21,27-28,32-35,38H,10-20,22-26H2,1-4H3,(H,43,48)(H,44,47)/t27-,28+,32-,33-,34-,35+,38-,39?,40-,41?,42-/m0/s1. The van der Waals surface area contributed by atoms with E-state index < -0.39 is 0 Å². The van der Waals surface area contributed by atoms with E-state index in [1.807, 2.05) is 36.4 Å². The summed E-state index contributed by atoms with van der Waals surface area (Å²) in [6.07, 6.45) is 15.0. The van der Waals surface area contributed by atoms with Crippen molar-refractivity contribution in [1.29, 1.82) is 0 Å². The van der Waals surface area contributed by atoms with Crippen LogP contribution in [0.3, 0.4) is 0 Å². The Morgan fingerprint density at radius 1 is 0.980 bits per heavy atom. The highest BCUT2D eigenvalue weighted by Crippen LogP contribution is 2.83. The van der Waals surface area contributed by atoms with Crippen LogP contribution in [0.5, 0.6) is 0 Å². The zero-order valence-corrected chi connectivity index (χ0v) is 30.4. The number of ether oxygens (including phenoxy) is 1. The van der Waals surface area contributed by atoms with Gasteiger partial charge in [-0.15, -0.1) is 0 Å². The summed E-state index contributed by atoms with van der Waals surface area (Å²) in [5, 5.41) is 5.89. The van der Waals surface area contributed by atoms with Gasteiger partial charge in [-0.25, -0.2) is 0 Å². The number of benzene rings is 1. The fraction of sp³-hybridized carbons (Fsp3) is 0.738. The Morgan fingerprint density at radius 2 is 1.80 bits per heavy atom. The Kier molecular flexibility index (Phi) is 8.45. The molecule has 2 spiro atoms. The molecule has 8 rings (SSSR count). The molecule has 49 heavy (non-hydrogen) atoms. The second kappa shape index (κ2) is 12.3. The smallest absolute Gasteiger partial charge is 0.239 e. The van der Waals surface area contributed by atoms with E-state index in [1.54, 1.807) is 0 Å². The maximum absolute atomic E-state index is 12.7. The number of hydrogen-bond acceptors (Lipinski definition) is 5. The quantitative estimate of drug-likeness (QED) is 0.342. The van der Waals surface area contributed by atoms with Gasteiger partial charge in [0.2, 0.25) is 11.8 Å². The summed E-state index contributed by atoms with van der Waals surface area (Å²) in [5.74, 6) is 3.48. The number of piperidine rings is 1. The van der Waals surface area contributed by atoms with Crippen molar-refractivity contribution in [2.24, 2.45) is 45.8 Å². The molecule has 5 aliphatic carbocycles. The molecular formula is C42H59N3O4. The van der Waals surface area contributed by atoms with Gasteiger partial charge in [0.25, 0.3) is 0 Å². The molecule has 4 saturated carbocycles. The minimum atomic E-state index is -0.124. The number of ketones is 1. The van der Waals surface area contributed by atoms with Crippen LogP contribution < -0.4 is 10.6 Å². The summed E-state index contributed by atoms with van der Waals surface area (Å²) in [5.41, 5.74) is 3.56. The third-order valence-electron chi connectivity index (χ3n) is 15.6. The molecule has 0 radical (unpaired) electrons.